The number of hydrogen-bond acceptors (Lipinski definition) is 7. The molecule has 0 aliphatic carbocycles. The fraction of sp³-hybridized carbons (Fsp3) is 0.571. The van der Waals surface area contributed by atoms with Gasteiger partial charge in [0.25, 0.3) is 0 Å². The normalized spacial score (nSPS) is 26.3. The van der Waals surface area contributed by atoms with Gasteiger partial charge in [-0.2, -0.15) is 0 Å². The van der Waals surface area contributed by atoms with Gasteiger partial charge < -0.3 is 28.3 Å². The van der Waals surface area contributed by atoms with Crippen LogP contribution in [0.4, 0.5) is 4.39 Å². The molecule has 3 aromatic rings. The molecule has 0 saturated carbocycles. The third-order valence-corrected chi connectivity index (χ3v) is 13.2. The molecule has 2 unspecified atom stereocenters. The van der Waals surface area contributed by atoms with Crippen molar-refractivity contribution in [2.24, 2.45) is 0 Å². The predicted octanol–water partition coefficient (Wildman–Crippen LogP) is 6.92. The van der Waals surface area contributed by atoms with E-state index >= 15 is 4.39 Å². The van der Waals surface area contributed by atoms with Crippen molar-refractivity contribution in [3.8, 4) is 0 Å². The zero-order chi connectivity index (χ0) is 29.2. The van der Waals surface area contributed by atoms with Crippen molar-refractivity contribution in [1.82, 2.24) is 14.5 Å². The molecule has 0 bridgehead atoms. The van der Waals surface area contributed by atoms with Crippen molar-refractivity contribution in [3.63, 3.8) is 0 Å². The zero-order valence-electron chi connectivity index (χ0n) is 23.7. The maximum atomic E-state index is 15.8. The summed E-state index contributed by atoms with van der Waals surface area (Å²) in [5, 5.41) is 13.0. The van der Waals surface area contributed by atoms with Gasteiger partial charge in [0.2, 0.25) is 0 Å². The number of ether oxygens (including phenoxy) is 3. The Balaban J connectivity index is 1.46. The number of aromatic nitrogens is 3. The van der Waals surface area contributed by atoms with E-state index in [9.17, 15) is 5.11 Å². The molecular weight excluding hydrogens is 576 g/mol. The van der Waals surface area contributed by atoms with Gasteiger partial charge in [-0.15, -0.1) is 0 Å². The monoisotopic (exact) mass is 611 g/mol. The fourth-order valence-electron chi connectivity index (χ4n) is 5.08. The second-order valence-corrected chi connectivity index (χ2v) is 18.0. The molecule has 0 radical (unpaired) electrons. The third kappa shape index (κ3) is 5.45. The van der Waals surface area contributed by atoms with Gasteiger partial charge in [-0.1, -0.05) is 50.0 Å². The van der Waals surface area contributed by atoms with E-state index in [1.165, 1.54) is 12.4 Å². The lowest BCUT2D eigenvalue weighted by molar-refractivity contribution is -0.207. The number of halogens is 3. The van der Waals surface area contributed by atoms with Crippen molar-refractivity contribution < 1.29 is 28.1 Å². The van der Waals surface area contributed by atoms with Gasteiger partial charge in [-0.25, -0.2) is 14.4 Å². The van der Waals surface area contributed by atoms with E-state index in [4.69, 9.17) is 41.8 Å². The standard InChI is InChI=1S/C28H36Cl2FN3O5Si/c1-27(2,3)40(6,7)36-13-19(31)18-12-15(29)8-9-16(18)20(35)21-22-23(39-28(4,5)38-22)26(37-21)34-11-10-17-24(30)32-14-33-25(17)34/h8-12,14,19-23,26,35H,13H2,1-7H3/t19?,20?,21-,22-,23-,26-/m1/s1. The zero-order valence-corrected chi connectivity index (χ0v) is 26.2. The van der Waals surface area contributed by atoms with E-state index in [2.05, 4.69) is 43.8 Å². The van der Waals surface area contributed by atoms with Crippen LogP contribution in [0, 0.1) is 0 Å². The number of alkyl halides is 1. The molecule has 1 aromatic carbocycles. The molecular formula is C28H36Cl2FN3O5Si. The highest BCUT2D eigenvalue weighted by molar-refractivity contribution is 6.74. The minimum absolute atomic E-state index is 0.0739. The molecule has 1 N–H and O–H groups in total. The molecule has 0 spiro atoms. The Morgan fingerprint density at radius 2 is 1.82 bits per heavy atom. The fourth-order valence-corrected chi connectivity index (χ4v) is 6.45. The summed E-state index contributed by atoms with van der Waals surface area (Å²) in [4.78, 5) is 8.43. The summed E-state index contributed by atoms with van der Waals surface area (Å²) in [6.45, 7) is 13.9. The minimum Gasteiger partial charge on any atom is -0.414 e. The molecule has 2 saturated heterocycles. The van der Waals surface area contributed by atoms with Crippen LogP contribution in [0.1, 0.15) is 64.2 Å². The maximum Gasteiger partial charge on any atom is 0.192 e. The van der Waals surface area contributed by atoms with Gasteiger partial charge >= 0.3 is 0 Å². The molecule has 6 atom stereocenters. The smallest absolute Gasteiger partial charge is 0.192 e. The van der Waals surface area contributed by atoms with Gasteiger partial charge in [0.15, 0.2) is 20.3 Å². The summed E-state index contributed by atoms with van der Waals surface area (Å²) in [5.41, 5.74) is 1.17. The van der Waals surface area contributed by atoms with Crippen LogP contribution in [0.2, 0.25) is 28.3 Å². The highest BCUT2D eigenvalue weighted by Gasteiger charge is 2.58. The summed E-state index contributed by atoms with van der Waals surface area (Å²) in [6.07, 6.45) is -2.35. The lowest BCUT2D eigenvalue weighted by Gasteiger charge is -2.36. The SMILES string of the molecule is CC1(C)O[C@@H]2[C@H](O1)[C@@H](C(O)c1ccc(Cl)cc1C(F)CO[Si](C)(C)C(C)(C)C)O[C@H]2n1ccc2c(Cl)ncnc21. The maximum absolute atomic E-state index is 15.8. The van der Waals surface area contributed by atoms with Crippen molar-refractivity contribution >= 4 is 42.6 Å². The van der Waals surface area contributed by atoms with E-state index < -0.39 is 50.9 Å². The molecule has 8 nitrogen and oxygen atoms in total. The largest absolute Gasteiger partial charge is 0.414 e. The number of aliphatic hydroxyl groups excluding tert-OH is 1. The van der Waals surface area contributed by atoms with Gasteiger partial charge in [-0.05, 0) is 61.3 Å². The van der Waals surface area contributed by atoms with Gasteiger partial charge in [0.1, 0.15) is 47.7 Å². The van der Waals surface area contributed by atoms with Crippen LogP contribution in [0.25, 0.3) is 11.0 Å². The van der Waals surface area contributed by atoms with Crippen LogP contribution in [0.15, 0.2) is 36.8 Å². The first-order chi connectivity index (χ1) is 18.6. The molecule has 2 aromatic heterocycles. The Morgan fingerprint density at radius 1 is 1.12 bits per heavy atom. The van der Waals surface area contributed by atoms with Crippen molar-refractivity contribution in [2.45, 2.75) is 95.4 Å². The van der Waals surface area contributed by atoms with Crippen LogP contribution >= 0.6 is 23.2 Å². The van der Waals surface area contributed by atoms with Gasteiger partial charge in [-0.3, -0.25) is 0 Å². The highest BCUT2D eigenvalue weighted by Crippen LogP contribution is 2.48. The van der Waals surface area contributed by atoms with E-state index in [1.807, 2.05) is 13.8 Å². The highest BCUT2D eigenvalue weighted by atomic mass is 35.5. The lowest BCUT2D eigenvalue weighted by atomic mass is 9.93. The van der Waals surface area contributed by atoms with E-state index in [1.54, 1.807) is 29.0 Å². The molecule has 40 heavy (non-hydrogen) atoms. The Morgan fingerprint density at radius 3 is 2.52 bits per heavy atom. The minimum atomic E-state index is -2.20. The van der Waals surface area contributed by atoms with E-state index in [-0.39, 0.29) is 17.2 Å². The average molecular weight is 613 g/mol. The first-order valence-electron chi connectivity index (χ1n) is 13.3. The Labute approximate surface area is 244 Å². The molecule has 0 amide bonds. The topological polar surface area (TPSA) is 87.9 Å². The number of nitrogens with zero attached hydrogens (tertiary/aromatic N) is 3. The summed E-state index contributed by atoms with van der Waals surface area (Å²) in [6, 6.07) is 6.60. The second-order valence-electron chi connectivity index (χ2n) is 12.4. The molecule has 4 heterocycles. The summed E-state index contributed by atoms with van der Waals surface area (Å²) >= 11 is 12.6. The Kier molecular flexibility index (Phi) is 7.89. The predicted molar refractivity (Wildman–Crippen MR) is 154 cm³/mol. The molecule has 218 valence electrons. The first kappa shape index (κ1) is 29.8. The van der Waals surface area contributed by atoms with Gasteiger partial charge in [0.05, 0.1) is 12.0 Å². The molecule has 2 aliphatic heterocycles. The third-order valence-electron chi connectivity index (χ3n) is 8.21. The Bertz CT molecular complexity index is 1400. The second kappa shape index (κ2) is 10.6. The van der Waals surface area contributed by atoms with Crippen LogP contribution in [-0.2, 0) is 18.6 Å². The molecule has 12 heteroatoms. The molecule has 2 aliphatic rings. The number of fused-ring (bicyclic) bond motifs is 2. The molecule has 5 rings (SSSR count). The Hall–Kier alpha value is -1.63. The number of hydrogen-bond donors (Lipinski definition) is 1. The number of rotatable bonds is 7. The summed E-state index contributed by atoms with van der Waals surface area (Å²) in [7, 11) is -2.20. The van der Waals surface area contributed by atoms with Crippen molar-refractivity contribution in [3.05, 3.63) is 58.1 Å². The average Bonchev–Trinajstić information content (AvgIpc) is 3.52. The summed E-state index contributed by atoms with van der Waals surface area (Å²) in [5.74, 6) is -0.923. The van der Waals surface area contributed by atoms with Crippen LogP contribution in [0.5, 0.6) is 0 Å². The summed E-state index contributed by atoms with van der Waals surface area (Å²) < 4.78 is 42.7. The van der Waals surface area contributed by atoms with E-state index in [0.29, 0.717) is 26.8 Å². The first-order valence-corrected chi connectivity index (χ1v) is 17.0. The van der Waals surface area contributed by atoms with Crippen LogP contribution in [-0.4, -0.2) is 58.7 Å². The number of aliphatic hydroxyl groups is 1. The van der Waals surface area contributed by atoms with E-state index in [0.717, 1.165) is 0 Å². The van der Waals surface area contributed by atoms with Crippen molar-refractivity contribution in [2.75, 3.05) is 6.61 Å². The van der Waals surface area contributed by atoms with Crippen LogP contribution < -0.4 is 0 Å². The van der Waals surface area contributed by atoms with Crippen molar-refractivity contribution in [1.29, 1.82) is 0 Å². The van der Waals surface area contributed by atoms with Crippen LogP contribution in [0.3, 0.4) is 0 Å². The quantitative estimate of drug-likeness (QED) is 0.229. The van der Waals surface area contributed by atoms with Gasteiger partial charge in [0, 0.05) is 11.2 Å². The lowest BCUT2D eigenvalue weighted by Crippen LogP contribution is -2.41. The number of benzene rings is 1. The molecule has 2 fully saturated rings.